The van der Waals surface area contributed by atoms with Crippen LogP contribution in [0, 0.1) is 11.8 Å². The molecule has 4 fully saturated rings. The SMILES string of the molecule is CSc1ccccc1CN1C[C@@H]2CC[C@H](C1)N(CC1CC1)C2=O. The summed E-state index contributed by atoms with van der Waals surface area (Å²) in [6.07, 6.45) is 7.08. The van der Waals surface area contributed by atoms with Crippen molar-refractivity contribution < 1.29 is 4.79 Å². The molecule has 1 aromatic carbocycles. The molecule has 124 valence electrons. The molecule has 3 nitrogen and oxygen atoms in total. The Hall–Kier alpha value is -1.00. The summed E-state index contributed by atoms with van der Waals surface area (Å²) >= 11 is 1.82. The van der Waals surface area contributed by atoms with Crippen molar-refractivity contribution in [2.24, 2.45) is 11.8 Å². The molecule has 1 amide bonds. The highest BCUT2D eigenvalue weighted by molar-refractivity contribution is 7.98. The van der Waals surface area contributed by atoms with Crippen molar-refractivity contribution in [3.05, 3.63) is 29.8 Å². The zero-order chi connectivity index (χ0) is 15.8. The van der Waals surface area contributed by atoms with Gasteiger partial charge in [-0.3, -0.25) is 9.69 Å². The van der Waals surface area contributed by atoms with Gasteiger partial charge in [-0.15, -0.1) is 11.8 Å². The summed E-state index contributed by atoms with van der Waals surface area (Å²) in [6.45, 7) is 4.00. The van der Waals surface area contributed by atoms with E-state index in [1.807, 2.05) is 11.8 Å². The number of carbonyl (C=O) groups excluding carboxylic acids is 1. The molecule has 5 rings (SSSR count). The Kier molecular flexibility index (Phi) is 4.37. The lowest BCUT2D eigenvalue weighted by Gasteiger charge is -2.36. The molecule has 4 heteroatoms. The van der Waals surface area contributed by atoms with Gasteiger partial charge in [0.25, 0.3) is 0 Å². The van der Waals surface area contributed by atoms with Crippen LogP contribution in [-0.2, 0) is 11.3 Å². The first-order chi connectivity index (χ1) is 11.2. The van der Waals surface area contributed by atoms with Crippen molar-refractivity contribution in [1.82, 2.24) is 9.80 Å². The van der Waals surface area contributed by atoms with Gasteiger partial charge in [0.15, 0.2) is 0 Å². The minimum absolute atomic E-state index is 0.231. The minimum atomic E-state index is 0.231. The van der Waals surface area contributed by atoms with E-state index >= 15 is 0 Å². The molecule has 0 radical (unpaired) electrons. The number of hydrogen-bond donors (Lipinski definition) is 0. The van der Waals surface area contributed by atoms with Crippen LogP contribution < -0.4 is 0 Å². The second kappa shape index (κ2) is 6.48. The Labute approximate surface area is 143 Å². The van der Waals surface area contributed by atoms with Gasteiger partial charge in [0.1, 0.15) is 0 Å². The highest BCUT2D eigenvalue weighted by Gasteiger charge is 2.42. The average Bonchev–Trinajstić information content (AvgIpc) is 3.39. The molecule has 0 unspecified atom stereocenters. The van der Waals surface area contributed by atoms with E-state index in [0.29, 0.717) is 11.9 Å². The average molecular weight is 330 g/mol. The van der Waals surface area contributed by atoms with Gasteiger partial charge >= 0.3 is 0 Å². The molecule has 1 aliphatic carbocycles. The quantitative estimate of drug-likeness (QED) is 0.774. The van der Waals surface area contributed by atoms with Gasteiger partial charge in [-0.05, 0) is 49.5 Å². The van der Waals surface area contributed by atoms with Crippen molar-refractivity contribution in [2.45, 2.75) is 43.2 Å². The van der Waals surface area contributed by atoms with Crippen LogP contribution in [0.15, 0.2) is 29.2 Å². The fraction of sp³-hybridized carbons (Fsp3) is 0.632. The maximum Gasteiger partial charge on any atom is 0.227 e. The van der Waals surface area contributed by atoms with Gasteiger partial charge in [-0.25, -0.2) is 0 Å². The summed E-state index contributed by atoms with van der Waals surface area (Å²) in [6, 6.07) is 9.14. The summed E-state index contributed by atoms with van der Waals surface area (Å²) in [4.78, 5) is 18.9. The third kappa shape index (κ3) is 3.29. The fourth-order valence-corrected chi connectivity index (χ4v) is 4.76. The van der Waals surface area contributed by atoms with E-state index in [1.54, 1.807) is 0 Å². The van der Waals surface area contributed by atoms with Crippen molar-refractivity contribution in [3.8, 4) is 0 Å². The van der Waals surface area contributed by atoms with Crippen LogP contribution in [-0.4, -0.2) is 47.6 Å². The first-order valence-corrected chi connectivity index (χ1v) is 10.1. The smallest absolute Gasteiger partial charge is 0.227 e. The molecule has 23 heavy (non-hydrogen) atoms. The standard InChI is InChI=1S/C19H26N2OS/c1-23-18-5-3-2-4-15(18)11-20-12-16-8-9-17(13-20)21(19(16)22)10-14-6-7-14/h2-5,14,16-17H,6-13H2,1H3/t16-,17+/m0/s1. The number of hydrogen-bond acceptors (Lipinski definition) is 3. The van der Waals surface area contributed by atoms with Crippen LogP contribution >= 0.6 is 11.8 Å². The summed E-state index contributed by atoms with van der Waals surface area (Å²) < 4.78 is 0. The van der Waals surface area contributed by atoms with Crippen LogP contribution in [0.1, 0.15) is 31.2 Å². The first kappa shape index (κ1) is 15.5. The Bertz CT molecular complexity index is 586. The third-order valence-corrected chi connectivity index (χ3v) is 6.45. The normalized spacial score (nSPS) is 28.2. The number of amides is 1. The number of rotatable bonds is 5. The van der Waals surface area contributed by atoms with Gasteiger partial charge in [0.05, 0.1) is 5.92 Å². The largest absolute Gasteiger partial charge is 0.338 e. The van der Waals surface area contributed by atoms with Gasteiger partial charge in [-0.1, -0.05) is 18.2 Å². The van der Waals surface area contributed by atoms with E-state index in [4.69, 9.17) is 0 Å². The van der Waals surface area contributed by atoms with Gasteiger partial charge in [0.2, 0.25) is 5.91 Å². The summed E-state index contributed by atoms with van der Waals surface area (Å²) in [5, 5.41) is 0. The molecule has 0 aromatic heterocycles. The van der Waals surface area contributed by atoms with Crippen LogP contribution in [0.4, 0.5) is 0 Å². The number of carbonyl (C=O) groups is 1. The van der Waals surface area contributed by atoms with Crippen LogP contribution in [0.5, 0.6) is 0 Å². The van der Waals surface area contributed by atoms with E-state index in [0.717, 1.165) is 38.5 Å². The molecule has 3 heterocycles. The molecular weight excluding hydrogens is 304 g/mol. The van der Waals surface area contributed by atoms with Crippen molar-refractivity contribution >= 4 is 17.7 Å². The monoisotopic (exact) mass is 330 g/mol. The maximum atomic E-state index is 12.8. The van der Waals surface area contributed by atoms with Crippen LogP contribution in [0.25, 0.3) is 0 Å². The molecule has 2 bridgehead atoms. The zero-order valence-corrected chi connectivity index (χ0v) is 14.7. The van der Waals surface area contributed by atoms with Gasteiger partial charge < -0.3 is 4.90 Å². The molecule has 0 N–H and O–H groups in total. The van der Waals surface area contributed by atoms with Gasteiger partial charge in [0, 0.05) is 37.1 Å². The number of fused-ring (bicyclic) bond motifs is 4. The lowest BCUT2D eigenvalue weighted by atomic mass is 9.94. The Morgan fingerprint density at radius 1 is 1.13 bits per heavy atom. The van der Waals surface area contributed by atoms with Crippen molar-refractivity contribution in [1.29, 1.82) is 0 Å². The highest BCUT2D eigenvalue weighted by atomic mass is 32.2. The lowest BCUT2D eigenvalue weighted by Crippen LogP contribution is -2.48. The number of benzene rings is 1. The summed E-state index contributed by atoms with van der Waals surface area (Å²) in [5.74, 6) is 1.46. The van der Waals surface area contributed by atoms with Crippen LogP contribution in [0.3, 0.4) is 0 Å². The van der Waals surface area contributed by atoms with E-state index in [9.17, 15) is 4.79 Å². The van der Waals surface area contributed by atoms with E-state index in [2.05, 4.69) is 40.3 Å². The fourth-order valence-electron chi connectivity index (χ4n) is 4.15. The molecule has 3 aliphatic heterocycles. The van der Waals surface area contributed by atoms with E-state index in [1.165, 1.54) is 29.7 Å². The number of piperidine rings is 1. The maximum absolute atomic E-state index is 12.8. The predicted molar refractivity (Wildman–Crippen MR) is 94.4 cm³/mol. The Balaban J connectivity index is 1.50. The Morgan fingerprint density at radius 2 is 1.96 bits per heavy atom. The second-order valence-electron chi connectivity index (χ2n) is 7.37. The van der Waals surface area contributed by atoms with Crippen molar-refractivity contribution in [2.75, 3.05) is 25.9 Å². The molecule has 4 aliphatic rings. The number of thioether (sulfide) groups is 1. The molecule has 3 saturated heterocycles. The third-order valence-electron chi connectivity index (χ3n) is 5.61. The molecule has 1 saturated carbocycles. The van der Waals surface area contributed by atoms with Gasteiger partial charge in [-0.2, -0.15) is 0 Å². The highest BCUT2D eigenvalue weighted by Crippen LogP contribution is 2.36. The van der Waals surface area contributed by atoms with E-state index < -0.39 is 0 Å². The number of nitrogens with zero attached hydrogens (tertiary/aromatic N) is 2. The molecule has 2 atom stereocenters. The summed E-state index contributed by atoms with van der Waals surface area (Å²) in [5.41, 5.74) is 1.41. The molecular formula is C19H26N2OS. The van der Waals surface area contributed by atoms with Crippen LogP contribution in [0.2, 0.25) is 0 Å². The van der Waals surface area contributed by atoms with Crippen molar-refractivity contribution in [3.63, 3.8) is 0 Å². The Morgan fingerprint density at radius 3 is 2.74 bits per heavy atom. The predicted octanol–water partition coefficient (Wildman–Crippen LogP) is 3.24. The minimum Gasteiger partial charge on any atom is -0.338 e. The molecule has 0 spiro atoms. The second-order valence-corrected chi connectivity index (χ2v) is 8.22. The topological polar surface area (TPSA) is 23.6 Å². The first-order valence-electron chi connectivity index (χ1n) is 8.89. The molecule has 1 aromatic rings. The zero-order valence-electron chi connectivity index (χ0n) is 13.9. The lowest BCUT2D eigenvalue weighted by molar-refractivity contribution is -0.140. The summed E-state index contributed by atoms with van der Waals surface area (Å²) in [7, 11) is 0. The van der Waals surface area contributed by atoms with E-state index in [-0.39, 0.29) is 5.92 Å².